The number of hydrogen-bond acceptors (Lipinski definition) is 5. The first kappa shape index (κ1) is 15.5. The molecule has 0 bridgehead atoms. The zero-order valence-corrected chi connectivity index (χ0v) is 13.2. The summed E-state index contributed by atoms with van der Waals surface area (Å²) in [5, 5.41) is 16.1. The number of benzene rings is 1. The number of carbonyl (C=O) groups excluding carboxylic acids is 1. The van der Waals surface area contributed by atoms with Crippen molar-refractivity contribution in [3.8, 4) is 11.3 Å². The number of rotatable bonds is 3. The molecule has 8 heteroatoms. The zero-order chi connectivity index (χ0) is 17.3. The van der Waals surface area contributed by atoms with Gasteiger partial charge in [-0.3, -0.25) is 4.79 Å². The van der Waals surface area contributed by atoms with Crippen molar-refractivity contribution in [1.82, 2.24) is 14.6 Å². The van der Waals surface area contributed by atoms with Crippen LogP contribution in [0.4, 0.5) is 5.69 Å². The Morgan fingerprint density at radius 2 is 2.17 bits per heavy atom. The second-order valence-electron chi connectivity index (χ2n) is 5.24. The van der Waals surface area contributed by atoms with E-state index in [-0.39, 0.29) is 11.7 Å². The van der Waals surface area contributed by atoms with Crippen molar-refractivity contribution in [1.29, 1.82) is 0 Å². The number of aromatic nitrogens is 3. The fourth-order valence-corrected chi connectivity index (χ4v) is 2.40. The minimum Gasteiger partial charge on any atom is -0.409 e. The molecular weight excluding hydrogens is 308 g/mol. The Balaban J connectivity index is 2.15. The van der Waals surface area contributed by atoms with Gasteiger partial charge in [0.25, 0.3) is 0 Å². The Labute approximate surface area is 137 Å². The molecule has 3 N–H and O–H groups in total. The van der Waals surface area contributed by atoms with Crippen molar-refractivity contribution in [2.45, 2.75) is 6.92 Å². The first-order valence-corrected chi connectivity index (χ1v) is 7.18. The molecule has 2 heterocycles. The highest BCUT2D eigenvalue weighted by Gasteiger charge is 2.14. The van der Waals surface area contributed by atoms with E-state index < -0.39 is 0 Å². The van der Waals surface area contributed by atoms with Crippen LogP contribution >= 0.6 is 0 Å². The second kappa shape index (κ2) is 5.99. The van der Waals surface area contributed by atoms with Gasteiger partial charge in [-0.1, -0.05) is 17.3 Å². The Morgan fingerprint density at radius 3 is 2.88 bits per heavy atom. The van der Waals surface area contributed by atoms with Gasteiger partial charge in [-0.25, -0.2) is 9.50 Å². The van der Waals surface area contributed by atoms with E-state index in [9.17, 15) is 4.79 Å². The van der Waals surface area contributed by atoms with Crippen molar-refractivity contribution >= 4 is 23.1 Å². The molecular formula is C16H16N6O2. The van der Waals surface area contributed by atoms with Crippen LogP contribution in [0.2, 0.25) is 0 Å². The third-order valence-corrected chi connectivity index (χ3v) is 3.79. The highest BCUT2D eigenvalue weighted by atomic mass is 16.4. The van der Waals surface area contributed by atoms with Gasteiger partial charge in [0, 0.05) is 31.4 Å². The monoisotopic (exact) mass is 324 g/mol. The molecule has 24 heavy (non-hydrogen) atoms. The molecule has 0 fully saturated rings. The van der Waals surface area contributed by atoms with Crippen LogP contribution < -0.4 is 10.6 Å². The predicted molar refractivity (Wildman–Crippen MR) is 90.0 cm³/mol. The standard InChI is InChI=1S/C16H16N6O2/c1-10(23)21(2)12-5-3-4-11(8-12)14-6-7-18-16-13(15(17)20-24)9-19-22(14)16/h3-9,24H,1-2H3,(H2,17,20). The van der Waals surface area contributed by atoms with E-state index in [0.29, 0.717) is 11.2 Å². The van der Waals surface area contributed by atoms with E-state index in [1.807, 2.05) is 30.3 Å². The van der Waals surface area contributed by atoms with Crippen LogP contribution in [0.1, 0.15) is 12.5 Å². The van der Waals surface area contributed by atoms with Crippen LogP contribution in [0.3, 0.4) is 0 Å². The maximum atomic E-state index is 11.6. The van der Waals surface area contributed by atoms with E-state index in [2.05, 4.69) is 15.2 Å². The molecule has 8 nitrogen and oxygen atoms in total. The largest absolute Gasteiger partial charge is 0.409 e. The summed E-state index contributed by atoms with van der Waals surface area (Å²) < 4.78 is 1.61. The summed E-state index contributed by atoms with van der Waals surface area (Å²) in [5.41, 5.74) is 8.98. The van der Waals surface area contributed by atoms with Crippen LogP contribution in [0.5, 0.6) is 0 Å². The smallest absolute Gasteiger partial charge is 0.223 e. The van der Waals surface area contributed by atoms with Crippen LogP contribution in [-0.4, -0.2) is 38.6 Å². The number of carbonyl (C=O) groups is 1. The van der Waals surface area contributed by atoms with Crippen molar-refractivity contribution in [3.63, 3.8) is 0 Å². The fourth-order valence-electron chi connectivity index (χ4n) is 2.40. The molecule has 0 aliphatic heterocycles. The summed E-state index contributed by atoms with van der Waals surface area (Å²) in [4.78, 5) is 17.4. The molecule has 122 valence electrons. The minimum absolute atomic E-state index is 0.0552. The molecule has 0 aliphatic carbocycles. The maximum Gasteiger partial charge on any atom is 0.223 e. The molecule has 2 aromatic heterocycles. The van der Waals surface area contributed by atoms with Crippen LogP contribution in [-0.2, 0) is 4.79 Å². The van der Waals surface area contributed by atoms with Crippen molar-refractivity contribution < 1.29 is 10.0 Å². The maximum absolute atomic E-state index is 11.6. The topological polar surface area (TPSA) is 109 Å². The predicted octanol–water partition coefficient (Wildman–Crippen LogP) is 1.47. The molecule has 1 aromatic carbocycles. The summed E-state index contributed by atoms with van der Waals surface area (Å²) in [6.45, 7) is 1.51. The van der Waals surface area contributed by atoms with Crippen molar-refractivity contribution in [2.24, 2.45) is 10.9 Å². The SMILES string of the molecule is CC(=O)N(C)c1cccc(-c2ccnc3c(/C(N)=N/O)cnn23)c1. The average molecular weight is 324 g/mol. The number of anilines is 1. The molecule has 0 unspecified atom stereocenters. The zero-order valence-electron chi connectivity index (χ0n) is 13.2. The molecule has 3 aromatic rings. The molecule has 0 spiro atoms. The number of nitrogens with two attached hydrogens (primary N) is 1. The molecule has 0 radical (unpaired) electrons. The lowest BCUT2D eigenvalue weighted by atomic mass is 10.1. The van der Waals surface area contributed by atoms with Gasteiger partial charge in [-0.05, 0) is 18.2 Å². The van der Waals surface area contributed by atoms with Crippen LogP contribution in [0.15, 0.2) is 47.9 Å². The third kappa shape index (κ3) is 2.54. The quantitative estimate of drug-likeness (QED) is 0.328. The van der Waals surface area contributed by atoms with Crippen molar-refractivity contribution in [2.75, 3.05) is 11.9 Å². The lowest BCUT2D eigenvalue weighted by Gasteiger charge is -2.16. The van der Waals surface area contributed by atoms with E-state index in [4.69, 9.17) is 10.9 Å². The Bertz CT molecular complexity index is 947. The Hall–Kier alpha value is -3.42. The molecule has 1 amide bonds. The van der Waals surface area contributed by atoms with Gasteiger partial charge in [-0.15, -0.1) is 0 Å². The number of fused-ring (bicyclic) bond motifs is 1. The Morgan fingerprint density at radius 1 is 1.38 bits per heavy atom. The molecule has 0 saturated heterocycles. The lowest BCUT2D eigenvalue weighted by Crippen LogP contribution is -2.22. The summed E-state index contributed by atoms with van der Waals surface area (Å²) in [6.07, 6.45) is 3.12. The third-order valence-electron chi connectivity index (χ3n) is 3.79. The lowest BCUT2D eigenvalue weighted by molar-refractivity contribution is -0.116. The van der Waals surface area contributed by atoms with Gasteiger partial charge in [-0.2, -0.15) is 5.10 Å². The first-order valence-electron chi connectivity index (χ1n) is 7.18. The Kier molecular flexibility index (Phi) is 3.87. The summed E-state index contributed by atoms with van der Waals surface area (Å²) in [5.74, 6) is -0.111. The highest BCUT2D eigenvalue weighted by Crippen LogP contribution is 2.25. The number of nitrogens with zero attached hydrogens (tertiary/aromatic N) is 5. The van der Waals surface area contributed by atoms with Crippen LogP contribution in [0.25, 0.3) is 16.9 Å². The van der Waals surface area contributed by atoms with E-state index >= 15 is 0 Å². The number of hydrogen-bond donors (Lipinski definition) is 2. The number of oxime groups is 1. The highest BCUT2D eigenvalue weighted by molar-refractivity contribution is 6.02. The fraction of sp³-hybridized carbons (Fsp3) is 0.125. The van der Waals surface area contributed by atoms with Gasteiger partial charge < -0.3 is 15.8 Å². The van der Waals surface area contributed by atoms with Gasteiger partial charge in [0.15, 0.2) is 11.5 Å². The summed E-state index contributed by atoms with van der Waals surface area (Å²) in [7, 11) is 1.72. The number of amidine groups is 1. The van der Waals surface area contributed by atoms with Gasteiger partial charge in [0.05, 0.1) is 17.5 Å². The minimum atomic E-state index is -0.0558. The molecule has 3 rings (SSSR count). The number of amides is 1. The van der Waals surface area contributed by atoms with Crippen LogP contribution in [0, 0.1) is 0 Å². The second-order valence-corrected chi connectivity index (χ2v) is 5.24. The van der Waals surface area contributed by atoms with Crippen molar-refractivity contribution in [3.05, 3.63) is 48.3 Å². The molecule has 0 atom stereocenters. The van der Waals surface area contributed by atoms with E-state index in [1.54, 1.807) is 22.7 Å². The van der Waals surface area contributed by atoms with E-state index in [0.717, 1.165) is 16.9 Å². The summed E-state index contributed by atoms with van der Waals surface area (Å²) in [6, 6.07) is 9.33. The molecule has 0 aliphatic rings. The first-order chi connectivity index (χ1) is 11.5. The average Bonchev–Trinajstić information content (AvgIpc) is 3.04. The van der Waals surface area contributed by atoms with E-state index in [1.165, 1.54) is 13.1 Å². The normalized spacial score (nSPS) is 11.7. The van der Waals surface area contributed by atoms with Gasteiger partial charge in [0.2, 0.25) is 5.91 Å². The van der Waals surface area contributed by atoms with Gasteiger partial charge in [0.1, 0.15) is 0 Å². The molecule has 0 saturated carbocycles. The van der Waals surface area contributed by atoms with Gasteiger partial charge >= 0.3 is 0 Å². The summed E-state index contributed by atoms with van der Waals surface area (Å²) >= 11 is 0.